The lowest BCUT2D eigenvalue weighted by atomic mass is 9.70. The quantitative estimate of drug-likeness (QED) is 0.207. The summed E-state index contributed by atoms with van der Waals surface area (Å²) in [7, 11) is 0. The fraction of sp³-hybridized carbons (Fsp3) is 0.543. The second-order valence-electron chi connectivity index (χ2n) is 17.0. The van der Waals surface area contributed by atoms with Gasteiger partial charge in [-0.2, -0.15) is 0 Å². The minimum atomic E-state index is -2.00. The predicted molar refractivity (Wildman–Crippen MR) is 212 cm³/mol. The monoisotopic (exact) mass is 784 g/mol. The molecule has 1 unspecified atom stereocenters. The molecule has 4 heterocycles. The van der Waals surface area contributed by atoms with Crippen LogP contribution in [0.2, 0.25) is 0 Å². The Morgan fingerprint density at radius 2 is 1.75 bits per heavy atom. The Bertz CT molecular complexity index is 2010. The van der Waals surface area contributed by atoms with Crippen LogP contribution in [0.4, 0.5) is 0 Å². The third kappa shape index (κ3) is 7.89. The number of carbonyl (C=O) groups is 3. The molecule has 306 valence electrons. The Hall–Kier alpha value is -4.13. The number of hydrogen-bond acceptors (Lipinski definition) is 10. The van der Waals surface area contributed by atoms with E-state index < -0.39 is 59.6 Å². The van der Waals surface area contributed by atoms with Crippen LogP contribution in [0.1, 0.15) is 101 Å². The number of esters is 2. The SMILES string of the molecule is CC[C@H](C)[C@H]1O[C@]2(CC[C@@H]1C)C[C@@H]1C[C@@H](C/C=C(\C)C(O)[C@@H](C)/C=C/C=C3\CO[C@@H]4[C@H](OC(=O)c5cc6ccccc6cc5C(=O)O)C(C)=C[C@@H](C(=O)O1)[C@]34O)O2. The number of carboxylic acids is 1. The summed E-state index contributed by atoms with van der Waals surface area (Å²) in [5, 5.41) is 35.5. The molecule has 3 N–H and O–H groups in total. The van der Waals surface area contributed by atoms with Crippen LogP contribution in [-0.2, 0) is 28.5 Å². The smallest absolute Gasteiger partial charge is 0.339 e. The molecule has 0 radical (unpaired) electrons. The van der Waals surface area contributed by atoms with Crippen LogP contribution in [0, 0.1) is 23.7 Å². The van der Waals surface area contributed by atoms with Crippen LogP contribution in [-0.4, -0.2) is 87.8 Å². The Morgan fingerprint density at radius 3 is 2.46 bits per heavy atom. The van der Waals surface area contributed by atoms with Gasteiger partial charge in [0.1, 0.15) is 23.7 Å². The largest absolute Gasteiger partial charge is 0.478 e. The predicted octanol–water partition coefficient (Wildman–Crippen LogP) is 7.25. The molecule has 57 heavy (non-hydrogen) atoms. The van der Waals surface area contributed by atoms with Crippen molar-refractivity contribution in [1.82, 2.24) is 0 Å². The number of aromatic carboxylic acids is 1. The molecule has 3 saturated heterocycles. The van der Waals surface area contributed by atoms with E-state index in [0.29, 0.717) is 59.4 Å². The molecule has 12 atom stereocenters. The summed E-state index contributed by atoms with van der Waals surface area (Å²) in [6.07, 6.45) is 8.34. The van der Waals surface area contributed by atoms with Gasteiger partial charge in [0, 0.05) is 25.2 Å². The highest BCUT2D eigenvalue weighted by Gasteiger charge is 2.61. The van der Waals surface area contributed by atoms with Gasteiger partial charge in [0.15, 0.2) is 11.9 Å². The van der Waals surface area contributed by atoms with Gasteiger partial charge < -0.3 is 39.0 Å². The van der Waals surface area contributed by atoms with E-state index in [-0.39, 0.29) is 35.9 Å². The van der Waals surface area contributed by atoms with Crippen molar-refractivity contribution in [2.75, 3.05) is 6.61 Å². The van der Waals surface area contributed by atoms with E-state index in [1.54, 1.807) is 49.4 Å². The van der Waals surface area contributed by atoms with Crippen molar-refractivity contribution in [3.63, 3.8) is 0 Å². The van der Waals surface area contributed by atoms with E-state index >= 15 is 0 Å². The molecule has 2 aromatic rings. The molecule has 0 saturated carbocycles. The Labute approximate surface area is 334 Å². The standard InChI is InChI=1S/C46H56O11/c1-7-25(2)39-28(5)17-18-45(57-39)23-34-22-33(56-45)16-15-27(4)38(47)26(3)11-10-14-32-24-53-41-40(29(6)19-37(44(51)54-34)46(32,41)52)55-43(50)36-21-31-13-9-8-12-30(31)20-35(36)42(48)49/h8-15,19-21,25-26,28,33-34,37-41,47,52H,7,16-18,22-24H2,1-6H3,(H,48,49)/b11-10+,27-15+,32-14+/t25-,26-,28-,33+,34-,37-,38?,39+,40+,41+,45+,46+/m0/s1. The zero-order valence-corrected chi connectivity index (χ0v) is 33.7. The van der Waals surface area contributed by atoms with Crippen LogP contribution >= 0.6 is 0 Å². The van der Waals surface area contributed by atoms with Gasteiger partial charge >= 0.3 is 17.9 Å². The molecule has 7 rings (SSSR count). The van der Waals surface area contributed by atoms with Gasteiger partial charge in [-0.25, -0.2) is 9.59 Å². The number of carbonyl (C=O) groups excluding carboxylic acids is 2. The molecule has 2 bridgehead atoms. The maximum Gasteiger partial charge on any atom is 0.339 e. The van der Waals surface area contributed by atoms with Crippen LogP contribution < -0.4 is 0 Å². The molecule has 2 aromatic carbocycles. The van der Waals surface area contributed by atoms with Crippen LogP contribution in [0.5, 0.6) is 0 Å². The number of aliphatic hydroxyl groups is 2. The van der Waals surface area contributed by atoms with E-state index in [2.05, 4.69) is 20.8 Å². The fourth-order valence-corrected chi connectivity index (χ4v) is 9.45. The van der Waals surface area contributed by atoms with Gasteiger partial charge in [0.2, 0.25) is 0 Å². The molecule has 11 nitrogen and oxygen atoms in total. The summed E-state index contributed by atoms with van der Waals surface area (Å²) in [5.41, 5.74) is -0.760. The number of fused-ring (bicyclic) bond motifs is 3. The summed E-state index contributed by atoms with van der Waals surface area (Å²) in [4.78, 5) is 40.8. The topological polar surface area (TPSA) is 158 Å². The van der Waals surface area contributed by atoms with E-state index in [4.69, 9.17) is 23.7 Å². The molecular weight excluding hydrogens is 728 g/mol. The minimum Gasteiger partial charge on any atom is -0.478 e. The van der Waals surface area contributed by atoms with E-state index in [0.717, 1.165) is 18.4 Å². The number of benzene rings is 2. The van der Waals surface area contributed by atoms with Crippen LogP contribution in [0.15, 0.2) is 83.5 Å². The van der Waals surface area contributed by atoms with Crippen molar-refractivity contribution >= 4 is 28.7 Å². The van der Waals surface area contributed by atoms with Gasteiger partial charge in [-0.05, 0) is 78.1 Å². The van der Waals surface area contributed by atoms with Crippen molar-refractivity contribution in [3.8, 4) is 0 Å². The summed E-state index contributed by atoms with van der Waals surface area (Å²) in [5.74, 6) is -4.70. The zero-order chi connectivity index (χ0) is 40.8. The average Bonchev–Trinajstić information content (AvgIpc) is 3.53. The molecule has 0 aromatic heterocycles. The molecule has 4 aliphatic heterocycles. The van der Waals surface area contributed by atoms with E-state index in [9.17, 15) is 29.7 Å². The summed E-state index contributed by atoms with van der Waals surface area (Å²) in [6, 6.07) is 10.0. The molecule has 0 amide bonds. The fourth-order valence-electron chi connectivity index (χ4n) is 9.45. The lowest BCUT2D eigenvalue weighted by Crippen LogP contribution is -2.59. The van der Waals surface area contributed by atoms with Crippen molar-refractivity contribution in [2.24, 2.45) is 23.7 Å². The zero-order valence-electron chi connectivity index (χ0n) is 33.7. The number of ether oxygens (including phenoxy) is 5. The minimum absolute atomic E-state index is 0.0296. The third-order valence-electron chi connectivity index (χ3n) is 13.0. The van der Waals surface area contributed by atoms with Gasteiger partial charge in [-0.15, -0.1) is 0 Å². The summed E-state index contributed by atoms with van der Waals surface area (Å²) < 4.78 is 32.4. The van der Waals surface area contributed by atoms with Crippen LogP contribution in [0.25, 0.3) is 10.8 Å². The van der Waals surface area contributed by atoms with Crippen molar-refractivity contribution in [1.29, 1.82) is 0 Å². The molecule has 1 aliphatic carbocycles. The third-order valence-corrected chi connectivity index (χ3v) is 13.0. The maximum absolute atomic E-state index is 14.6. The summed E-state index contributed by atoms with van der Waals surface area (Å²) >= 11 is 0. The first-order valence-corrected chi connectivity index (χ1v) is 20.4. The summed E-state index contributed by atoms with van der Waals surface area (Å²) in [6.45, 7) is 11.9. The first-order valence-electron chi connectivity index (χ1n) is 20.4. The lowest BCUT2D eigenvalue weighted by Gasteiger charge is -2.51. The van der Waals surface area contributed by atoms with Crippen molar-refractivity contribution in [3.05, 3.63) is 94.6 Å². The Morgan fingerprint density at radius 1 is 1.04 bits per heavy atom. The normalized spacial score (nSPS) is 38.8. The van der Waals surface area contributed by atoms with E-state index in [1.807, 2.05) is 26.0 Å². The van der Waals surface area contributed by atoms with Crippen molar-refractivity contribution < 1.29 is 53.4 Å². The Kier molecular flexibility index (Phi) is 11.7. The first kappa shape index (κ1) is 41.0. The Balaban J connectivity index is 1.25. The van der Waals surface area contributed by atoms with Gasteiger partial charge in [-0.3, -0.25) is 4.79 Å². The average molecular weight is 785 g/mol. The number of rotatable bonds is 5. The van der Waals surface area contributed by atoms with Gasteiger partial charge in [0.05, 0.1) is 36.0 Å². The molecule has 1 spiro atoms. The second-order valence-corrected chi connectivity index (χ2v) is 17.0. The highest BCUT2D eigenvalue weighted by molar-refractivity contribution is 6.07. The molecule has 3 fully saturated rings. The lowest BCUT2D eigenvalue weighted by molar-refractivity contribution is -0.340. The van der Waals surface area contributed by atoms with E-state index in [1.165, 1.54) is 12.1 Å². The van der Waals surface area contributed by atoms with Gasteiger partial charge in [-0.1, -0.05) is 88.8 Å². The number of hydrogen-bond donors (Lipinski definition) is 3. The molecular formula is C46H56O11. The highest BCUT2D eigenvalue weighted by Crippen LogP contribution is 2.48. The number of aliphatic hydroxyl groups excluding tert-OH is 1. The number of allylic oxidation sites excluding steroid dienone is 2. The van der Waals surface area contributed by atoms with Gasteiger partial charge in [0.25, 0.3) is 0 Å². The van der Waals surface area contributed by atoms with Crippen LogP contribution in [0.3, 0.4) is 0 Å². The first-order chi connectivity index (χ1) is 27.1. The molecule has 11 heteroatoms. The second kappa shape index (κ2) is 16.3. The maximum atomic E-state index is 14.6. The molecule has 5 aliphatic rings. The number of carboxylic acid groups (broad SMARTS) is 1. The van der Waals surface area contributed by atoms with Crippen molar-refractivity contribution in [2.45, 2.75) is 128 Å². The highest BCUT2D eigenvalue weighted by atomic mass is 16.7.